The summed E-state index contributed by atoms with van der Waals surface area (Å²) in [7, 11) is 0. The van der Waals surface area contributed by atoms with E-state index in [4.69, 9.17) is 4.74 Å². The number of Topliss-reactive ketones (excluding diaryl/α,β-unsaturated/α-hetero) is 1. The van der Waals surface area contributed by atoms with E-state index in [0.29, 0.717) is 29.8 Å². The first kappa shape index (κ1) is 15.3. The largest absolute Gasteiger partial charge is 0.482 e. The van der Waals surface area contributed by atoms with Crippen LogP contribution in [-0.2, 0) is 11.2 Å². The summed E-state index contributed by atoms with van der Waals surface area (Å²) >= 11 is 0. The van der Waals surface area contributed by atoms with Gasteiger partial charge in [-0.05, 0) is 36.2 Å². The van der Waals surface area contributed by atoms with Crippen LogP contribution in [0.3, 0.4) is 0 Å². The highest BCUT2D eigenvalue weighted by Gasteiger charge is 2.16. The number of ketones is 1. The number of rotatable bonds is 4. The van der Waals surface area contributed by atoms with Crippen molar-refractivity contribution in [3.63, 3.8) is 0 Å². The Morgan fingerprint density at radius 3 is 2.96 bits per heavy atom. The van der Waals surface area contributed by atoms with Gasteiger partial charge in [0, 0.05) is 23.6 Å². The lowest BCUT2D eigenvalue weighted by molar-refractivity contribution is -0.118. The number of aromatic nitrogens is 1. The second kappa shape index (κ2) is 6.36. The highest BCUT2D eigenvalue weighted by molar-refractivity contribution is 6.06. The number of fused-ring (bicyclic) bond motifs is 2. The van der Waals surface area contributed by atoms with Gasteiger partial charge in [0.2, 0.25) is 0 Å². The van der Waals surface area contributed by atoms with Gasteiger partial charge in [-0.1, -0.05) is 24.3 Å². The van der Waals surface area contributed by atoms with Crippen LogP contribution in [0.15, 0.2) is 54.7 Å². The number of para-hydroxylation sites is 1. The molecule has 25 heavy (non-hydrogen) atoms. The van der Waals surface area contributed by atoms with Crippen LogP contribution in [0.5, 0.6) is 5.75 Å². The van der Waals surface area contributed by atoms with Gasteiger partial charge in [0.25, 0.3) is 5.91 Å². The van der Waals surface area contributed by atoms with Gasteiger partial charge in [-0.3, -0.25) is 14.6 Å². The normalized spacial score (nSPS) is 13.0. The molecule has 0 unspecified atom stereocenters. The second-order valence-electron chi connectivity index (χ2n) is 5.97. The van der Waals surface area contributed by atoms with Crippen LogP contribution in [0.1, 0.15) is 22.3 Å². The summed E-state index contributed by atoms with van der Waals surface area (Å²) in [6.07, 6.45) is 2.67. The molecule has 5 nitrogen and oxygen atoms in total. The van der Waals surface area contributed by atoms with E-state index in [2.05, 4.69) is 10.3 Å². The van der Waals surface area contributed by atoms with Crippen LogP contribution in [0, 0.1) is 0 Å². The lowest BCUT2D eigenvalue weighted by Crippen LogP contribution is -2.25. The van der Waals surface area contributed by atoms with Crippen molar-refractivity contribution < 1.29 is 14.3 Å². The van der Waals surface area contributed by atoms with Gasteiger partial charge in [0.05, 0.1) is 11.2 Å². The summed E-state index contributed by atoms with van der Waals surface area (Å²) in [5.41, 5.74) is 3.02. The molecule has 2 heterocycles. The van der Waals surface area contributed by atoms with Gasteiger partial charge in [-0.2, -0.15) is 0 Å². The third-order valence-electron chi connectivity index (χ3n) is 4.25. The molecule has 1 amide bonds. The summed E-state index contributed by atoms with van der Waals surface area (Å²) in [5.74, 6) is 0.554. The zero-order valence-corrected chi connectivity index (χ0v) is 13.5. The van der Waals surface area contributed by atoms with Crippen LogP contribution in [-0.4, -0.2) is 23.3 Å². The summed E-state index contributed by atoms with van der Waals surface area (Å²) in [6.45, 7) is 0.0406. The number of carbonyl (C=O) groups excluding carboxylic acids is 2. The van der Waals surface area contributed by atoms with Crippen molar-refractivity contribution in [2.24, 2.45) is 0 Å². The van der Waals surface area contributed by atoms with Crippen molar-refractivity contribution >= 4 is 28.3 Å². The Labute approximate surface area is 144 Å². The maximum absolute atomic E-state index is 12.6. The number of nitrogens with one attached hydrogen (secondary N) is 1. The fraction of sp³-hybridized carbons (Fsp3) is 0.150. The van der Waals surface area contributed by atoms with Gasteiger partial charge in [-0.15, -0.1) is 0 Å². The summed E-state index contributed by atoms with van der Waals surface area (Å²) in [5, 5.41) is 3.75. The molecule has 0 atom stereocenters. The van der Waals surface area contributed by atoms with Gasteiger partial charge in [0.15, 0.2) is 12.4 Å². The minimum atomic E-state index is -0.164. The highest BCUT2D eigenvalue weighted by Crippen LogP contribution is 2.29. The Bertz CT molecular complexity index is 976. The zero-order chi connectivity index (χ0) is 17.2. The molecule has 0 aliphatic carbocycles. The molecule has 0 saturated carbocycles. The molecule has 1 aromatic heterocycles. The van der Waals surface area contributed by atoms with Crippen molar-refractivity contribution in [1.29, 1.82) is 0 Å². The smallest absolute Gasteiger partial charge is 0.262 e. The molecule has 4 rings (SSSR count). The molecule has 5 heteroatoms. The van der Waals surface area contributed by atoms with Gasteiger partial charge < -0.3 is 10.1 Å². The molecule has 0 saturated heterocycles. The number of amides is 1. The number of anilines is 1. The van der Waals surface area contributed by atoms with Gasteiger partial charge in [0.1, 0.15) is 5.75 Å². The Morgan fingerprint density at radius 2 is 2.04 bits per heavy atom. The molecule has 0 radical (unpaired) electrons. The summed E-state index contributed by atoms with van der Waals surface area (Å²) in [6, 6.07) is 15.1. The molecule has 0 fully saturated rings. The minimum Gasteiger partial charge on any atom is -0.482 e. The molecule has 0 spiro atoms. The third kappa shape index (κ3) is 3.08. The molecule has 1 aliphatic rings. The quantitative estimate of drug-likeness (QED) is 0.744. The first-order chi connectivity index (χ1) is 12.2. The Morgan fingerprint density at radius 1 is 1.16 bits per heavy atom. The van der Waals surface area contributed by atoms with E-state index in [1.165, 1.54) is 0 Å². The number of pyridine rings is 1. The Kier molecular flexibility index (Phi) is 3.90. The zero-order valence-electron chi connectivity index (χ0n) is 13.5. The number of nitrogens with zero attached hydrogens (tertiary/aromatic N) is 1. The Balaban J connectivity index is 1.52. The average molecular weight is 332 g/mol. The van der Waals surface area contributed by atoms with E-state index in [0.717, 1.165) is 16.5 Å². The number of ether oxygens (including phenoxy) is 1. The van der Waals surface area contributed by atoms with Crippen molar-refractivity contribution in [3.8, 4) is 5.75 Å². The number of hydrogen-bond acceptors (Lipinski definition) is 4. The van der Waals surface area contributed by atoms with Crippen molar-refractivity contribution in [1.82, 2.24) is 4.98 Å². The van der Waals surface area contributed by atoms with Crippen LogP contribution in [0.25, 0.3) is 10.9 Å². The maximum atomic E-state index is 12.6. The minimum absolute atomic E-state index is 0.0406. The number of hydrogen-bond donors (Lipinski definition) is 1. The molecule has 1 aliphatic heterocycles. The Hall–Kier alpha value is -3.21. The van der Waals surface area contributed by atoms with Crippen LogP contribution >= 0.6 is 0 Å². The van der Waals surface area contributed by atoms with E-state index in [1.807, 2.05) is 48.5 Å². The number of benzene rings is 2. The standard InChI is InChI=1S/C20H16N2O3/c23-17(15-5-1-3-14-4-2-10-21-20(14)15)8-6-13-7-9-18-16(11-13)22-19(24)12-25-18/h1-5,7,9-11H,6,8,12H2,(H,22,24). The van der Waals surface area contributed by atoms with E-state index in [1.54, 1.807) is 6.20 Å². The van der Waals surface area contributed by atoms with Crippen LogP contribution < -0.4 is 10.1 Å². The second-order valence-corrected chi connectivity index (χ2v) is 5.97. The van der Waals surface area contributed by atoms with E-state index < -0.39 is 0 Å². The van der Waals surface area contributed by atoms with Gasteiger partial charge in [-0.25, -0.2) is 0 Å². The molecular weight excluding hydrogens is 316 g/mol. The maximum Gasteiger partial charge on any atom is 0.262 e. The van der Waals surface area contributed by atoms with E-state index in [9.17, 15) is 9.59 Å². The summed E-state index contributed by atoms with van der Waals surface area (Å²) in [4.78, 5) is 28.4. The molecular formula is C20H16N2O3. The number of carbonyl (C=O) groups is 2. The fourth-order valence-electron chi connectivity index (χ4n) is 3.01. The van der Waals surface area contributed by atoms with Gasteiger partial charge >= 0.3 is 0 Å². The van der Waals surface area contributed by atoms with E-state index in [-0.39, 0.29) is 18.3 Å². The van der Waals surface area contributed by atoms with Crippen molar-refractivity contribution in [2.45, 2.75) is 12.8 Å². The first-order valence-corrected chi connectivity index (χ1v) is 8.13. The van der Waals surface area contributed by atoms with E-state index >= 15 is 0 Å². The van der Waals surface area contributed by atoms with Crippen LogP contribution in [0.2, 0.25) is 0 Å². The SMILES string of the molecule is O=C1COc2ccc(CCC(=O)c3cccc4cccnc34)cc2N1. The lowest BCUT2D eigenvalue weighted by Gasteiger charge is -2.18. The average Bonchev–Trinajstić information content (AvgIpc) is 2.65. The topological polar surface area (TPSA) is 68.3 Å². The predicted molar refractivity (Wildman–Crippen MR) is 95.0 cm³/mol. The summed E-state index contributed by atoms with van der Waals surface area (Å²) < 4.78 is 5.35. The lowest BCUT2D eigenvalue weighted by atomic mass is 10.00. The third-order valence-corrected chi connectivity index (χ3v) is 4.25. The predicted octanol–water partition coefficient (Wildman–Crippen LogP) is 3.38. The number of aryl methyl sites for hydroxylation is 1. The molecule has 0 bridgehead atoms. The van der Waals surface area contributed by atoms with Crippen LogP contribution in [0.4, 0.5) is 5.69 Å². The molecule has 124 valence electrons. The molecule has 1 N–H and O–H groups in total. The highest BCUT2D eigenvalue weighted by atomic mass is 16.5. The monoisotopic (exact) mass is 332 g/mol. The van der Waals surface area contributed by atoms with Crippen molar-refractivity contribution in [2.75, 3.05) is 11.9 Å². The molecule has 2 aromatic carbocycles. The molecule has 3 aromatic rings. The van der Waals surface area contributed by atoms with Crippen molar-refractivity contribution in [3.05, 3.63) is 65.9 Å². The fourth-order valence-corrected chi connectivity index (χ4v) is 3.01. The first-order valence-electron chi connectivity index (χ1n) is 8.13.